The van der Waals surface area contributed by atoms with Crippen LogP contribution >= 0.6 is 0 Å². The third kappa shape index (κ3) is 3.08. The first-order valence-electron chi connectivity index (χ1n) is 7.36. The average Bonchev–Trinajstić information content (AvgIpc) is 2.92. The molecular weight excluding hydrogens is 244 g/mol. The van der Waals surface area contributed by atoms with Crippen LogP contribution in [0.1, 0.15) is 39.5 Å². The lowest BCUT2D eigenvalue weighted by Gasteiger charge is -2.38. The number of nitrogens with zero attached hydrogens (tertiary/aromatic N) is 1. The van der Waals surface area contributed by atoms with Gasteiger partial charge in [-0.2, -0.15) is 0 Å². The zero-order valence-electron chi connectivity index (χ0n) is 11.9. The van der Waals surface area contributed by atoms with Crippen molar-refractivity contribution in [3.05, 3.63) is 0 Å². The molecule has 0 bridgehead atoms. The molecule has 2 rings (SSSR count). The van der Waals surface area contributed by atoms with E-state index in [4.69, 9.17) is 4.74 Å². The molecule has 5 nitrogen and oxygen atoms in total. The van der Waals surface area contributed by atoms with Crippen LogP contribution in [0, 0.1) is 5.92 Å². The fourth-order valence-corrected chi connectivity index (χ4v) is 2.91. The molecule has 0 saturated carbocycles. The first kappa shape index (κ1) is 14.3. The maximum Gasteiger partial charge on any atom is 0.245 e. The van der Waals surface area contributed by atoms with Gasteiger partial charge in [0.1, 0.15) is 12.1 Å². The first-order valence-corrected chi connectivity index (χ1v) is 7.36. The summed E-state index contributed by atoms with van der Waals surface area (Å²) in [5.41, 5.74) is 0. The lowest BCUT2D eigenvalue weighted by molar-refractivity contribution is -0.149. The maximum absolute atomic E-state index is 12.4. The molecule has 2 amide bonds. The Labute approximate surface area is 114 Å². The minimum Gasteiger partial charge on any atom is -0.381 e. The minimum atomic E-state index is -0.338. The van der Waals surface area contributed by atoms with Crippen LogP contribution in [0.25, 0.3) is 0 Å². The predicted molar refractivity (Wildman–Crippen MR) is 71.6 cm³/mol. The summed E-state index contributed by atoms with van der Waals surface area (Å²) < 4.78 is 5.36. The molecule has 2 saturated heterocycles. The second kappa shape index (κ2) is 6.37. The Hall–Kier alpha value is -1.10. The van der Waals surface area contributed by atoms with E-state index in [1.165, 1.54) is 0 Å². The van der Waals surface area contributed by atoms with Gasteiger partial charge in [-0.3, -0.25) is 9.59 Å². The molecule has 0 aliphatic carbocycles. The molecule has 5 heteroatoms. The molecule has 19 heavy (non-hydrogen) atoms. The smallest absolute Gasteiger partial charge is 0.245 e. The van der Waals surface area contributed by atoms with Crippen molar-refractivity contribution >= 4 is 11.8 Å². The Morgan fingerprint density at radius 1 is 1.32 bits per heavy atom. The van der Waals surface area contributed by atoms with Gasteiger partial charge in [-0.25, -0.2) is 0 Å². The zero-order chi connectivity index (χ0) is 13.8. The van der Waals surface area contributed by atoms with Crippen molar-refractivity contribution in [2.24, 2.45) is 5.92 Å². The quantitative estimate of drug-likeness (QED) is 0.807. The van der Waals surface area contributed by atoms with Crippen LogP contribution in [0.2, 0.25) is 0 Å². The van der Waals surface area contributed by atoms with Gasteiger partial charge in [0.05, 0.1) is 0 Å². The topological polar surface area (TPSA) is 58.6 Å². The van der Waals surface area contributed by atoms with Gasteiger partial charge in [0.2, 0.25) is 11.8 Å². The summed E-state index contributed by atoms with van der Waals surface area (Å²) in [6.45, 7) is 6.18. The summed E-state index contributed by atoms with van der Waals surface area (Å²) in [4.78, 5) is 26.2. The van der Waals surface area contributed by atoms with Gasteiger partial charge < -0.3 is 15.0 Å². The van der Waals surface area contributed by atoms with Crippen molar-refractivity contribution in [3.63, 3.8) is 0 Å². The lowest BCUT2D eigenvalue weighted by atomic mass is 10.00. The maximum atomic E-state index is 12.4. The molecule has 2 heterocycles. The van der Waals surface area contributed by atoms with E-state index < -0.39 is 0 Å². The van der Waals surface area contributed by atoms with Gasteiger partial charge in [0.15, 0.2) is 0 Å². The van der Waals surface area contributed by atoms with E-state index in [-0.39, 0.29) is 23.9 Å². The highest BCUT2D eigenvalue weighted by atomic mass is 16.5. The SMILES string of the molecule is CCC1NC(=O)C(CC)N(CCC2CCOC2)C1=O. The lowest BCUT2D eigenvalue weighted by Crippen LogP contribution is -2.63. The first-order chi connectivity index (χ1) is 9.17. The molecule has 3 unspecified atom stereocenters. The van der Waals surface area contributed by atoms with Crippen LogP contribution < -0.4 is 5.32 Å². The molecule has 2 fully saturated rings. The van der Waals surface area contributed by atoms with Crippen LogP contribution in [-0.2, 0) is 14.3 Å². The molecule has 0 aromatic rings. The van der Waals surface area contributed by atoms with Crippen molar-refractivity contribution in [2.45, 2.75) is 51.6 Å². The number of ether oxygens (including phenoxy) is 1. The second-order valence-corrected chi connectivity index (χ2v) is 5.44. The van der Waals surface area contributed by atoms with E-state index in [1.54, 1.807) is 4.90 Å². The number of rotatable bonds is 5. The molecule has 2 aliphatic rings. The van der Waals surface area contributed by atoms with Gasteiger partial charge >= 0.3 is 0 Å². The van der Waals surface area contributed by atoms with Crippen LogP contribution in [0.4, 0.5) is 0 Å². The van der Waals surface area contributed by atoms with Gasteiger partial charge in [-0.15, -0.1) is 0 Å². The van der Waals surface area contributed by atoms with E-state index in [9.17, 15) is 9.59 Å². The third-order valence-corrected chi connectivity index (χ3v) is 4.17. The van der Waals surface area contributed by atoms with Crippen LogP contribution in [-0.4, -0.2) is 48.6 Å². The fourth-order valence-electron chi connectivity index (χ4n) is 2.91. The number of carbonyl (C=O) groups is 2. The highest BCUT2D eigenvalue weighted by Crippen LogP contribution is 2.20. The monoisotopic (exact) mass is 268 g/mol. The standard InChI is InChI=1S/C14H24N2O3/c1-3-11-14(18)16(12(4-2)13(17)15-11)7-5-10-6-8-19-9-10/h10-12H,3-9H2,1-2H3,(H,15,17). The van der Waals surface area contributed by atoms with E-state index in [0.29, 0.717) is 25.3 Å². The summed E-state index contributed by atoms with van der Waals surface area (Å²) in [6.07, 6.45) is 3.34. The Morgan fingerprint density at radius 3 is 2.68 bits per heavy atom. The van der Waals surface area contributed by atoms with Crippen LogP contribution in [0.5, 0.6) is 0 Å². The van der Waals surface area contributed by atoms with Gasteiger partial charge in [-0.1, -0.05) is 13.8 Å². The van der Waals surface area contributed by atoms with Crippen molar-refractivity contribution in [1.82, 2.24) is 10.2 Å². The molecule has 0 radical (unpaired) electrons. The van der Waals surface area contributed by atoms with Crippen molar-refractivity contribution in [3.8, 4) is 0 Å². The van der Waals surface area contributed by atoms with Crippen LogP contribution in [0.15, 0.2) is 0 Å². The van der Waals surface area contributed by atoms with E-state index in [2.05, 4.69) is 5.32 Å². The van der Waals surface area contributed by atoms with Crippen molar-refractivity contribution in [2.75, 3.05) is 19.8 Å². The van der Waals surface area contributed by atoms with Gasteiger partial charge in [0, 0.05) is 19.8 Å². The largest absolute Gasteiger partial charge is 0.381 e. The molecule has 1 N–H and O–H groups in total. The Morgan fingerprint density at radius 2 is 2.11 bits per heavy atom. The van der Waals surface area contributed by atoms with E-state index in [0.717, 1.165) is 26.1 Å². The molecule has 0 aromatic heterocycles. The van der Waals surface area contributed by atoms with Crippen molar-refractivity contribution in [1.29, 1.82) is 0 Å². The summed E-state index contributed by atoms with van der Waals surface area (Å²) in [6, 6.07) is -0.632. The number of nitrogens with one attached hydrogen (secondary N) is 1. The minimum absolute atomic E-state index is 0.00313. The van der Waals surface area contributed by atoms with E-state index >= 15 is 0 Å². The van der Waals surface area contributed by atoms with Crippen molar-refractivity contribution < 1.29 is 14.3 Å². The summed E-state index contributed by atoms with van der Waals surface area (Å²) in [5.74, 6) is 0.611. The number of hydrogen-bond acceptors (Lipinski definition) is 3. The Balaban J connectivity index is 1.99. The fraction of sp³-hybridized carbons (Fsp3) is 0.857. The van der Waals surface area contributed by atoms with Gasteiger partial charge in [0.25, 0.3) is 0 Å². The van der Waals surface area contributed by atoms with Gasteiger partial charge in [-0.05, 0) is 31.6 Å². The number of hydrogen-bond donors (Lipinski definition) is 1. The molecule has 2 aliphatic heterocycles. The number of carbonyl (C=O) groups excluding carboxylic acids is 2. The second-order valence-electron chi connectivity index (χ2n) is 5.44. The molecule has 108 valence electrons. The van der Waals surface area contributed by atoms with E-state index in [1.807, 2.05) is 13.8 Å². The predicted octanol–water partition coefficient (Wildman–Crippen LogP) is 0.929. The molecule has 3 atom stereocenters. The summed E-state index contributed by atoms with van der Waals surface area (Å²) in [7, 11) is 0. The normalized spacial score (nSPS) is 31.7. The highest BCUT2D eigenvalue weighted by Gasteiger charge is 2.38. The molecular formula is C14H24N2O3. The van der Waals surface area contributed by atoms with Crippen LogP contribution in [0.3, 0.4) is 0 Å². The number of amides is 2. The molecule has 0 aromatic carbocycles. The third-order valence-electron chi connectivity index (χ3n) is 4.17. The number of piperazine rings is 1. The summed E-state index contributed by atoms with van der Waals surface area (Å²) in [5, 5.41) is 2.82. The Bertz CT molecular complexity index is 340. The highest BCUT2D eigenvalue weighted by molar-refractivity contribution is 5.96. The summed E-state index contributed by atoms with van der Waals surface area (Å²) >= 11 is 0. The Kier molecular flexibility index (Phi) is 4.80. The molecule has 0 spiro atoms. The average molecular weight is 268 g/mol. The zero-order valence-corrected chi connectivity index (χ0v) is 11.9.